The van der Waals surface area contributed by atoms with Crippen molar-refractivity contribution in [3.05, 3.63) is 65.5 Å². The Balaban J connectivity index is 1.54. The van der Waals surface area contributed by atoms with E-state index in [-0.39, 0.29) is 24.0 Å². The molecule has 3 aromatic rings. The molecule has 0 bridgehead atoms. The maximum atomic E-state index is 13.3. The standard InChI is InChI=1S/C30H38N6O3/c1-5-27(37)35-12-7-6-8-24(18-35)36-28-20(2)14-22(17-34-13-10-25(19-34)39-4)16-26(28)32-30(36)33-29(38)23-9-11-31-21(3)15-23/h5,9,11,14-16,24-25H,1,6-8,10,12-13,17-19H2,2-4H3,(H,32,33,38)/t24-,25-/m1/s1. The normalized spacial score (nSPS) is 20.2. The Morgan fingerprint density at radius 2 is 2.00 bits per heavy atom. The first kappa shape index (κ1) is 27.0. The molecular formula is C30H38N6O3. The molecular weight excluding hydrogens is 492 g/mol. The van der Waals surface area contributed by atoms with Crippen LogP contribution >= 0.6 is 0 Å². The number of methoxy groups -OCH3 is 1. The van der Waals surface area contributed by atoms with Crippen molar-refractivity contribution >= 4 is 28.8 Å². The molecule has 2 aromatic heterocycles. The van der Waals surface area contributed by atoms with Crippen molar-refractivity contribution in [3.8, 4) is 0 Å². The van der Waals surface area contributed by atoms with Crippen molar-refractivity contribution < 1.29 is 14.3 Å². The van der Waals surface area contributed by atoms with Crippen molar-refractivity contribution in [1.29, 1.82) is 0 Å². The summed E-state index contributed by atoms with van der Waals surface area (Å²) in [5.41, 5.74) is 5.44. The minimum atomic E-state index is -0.231. The number of amides is 2. The number of hydrogen-bond acceptors (Lipinski definition) is 6. The summed E-state index contributed by atoms with van der Waals surface area (Å²) in [5.74, 6) is 0.205. The van der Waals surface area contributed by atoms with Crippen molar-refractivity contribution in [3.63, 3.8) is 0 Å². The third kappa shape index (κ3) is 5.89. The van der Waals surface area contributed by atoms with Gasteiger partial charge < -0.3 is 14.2 Å². The fourth-order valence-electron chi connectivity index (χ4n) is 5.95. The first-order chi connectivity index (χ1) is 18.9. The third-order valence-electron chi connectivity index (χ3n) is 7.89. The quantitative estimate of drug-likeness (QED) is 0.459. The summed E-state index contributed by atoms with van der Waals surface area (Å²) in [4.78, 5) is 39.4. The summed E-state index contributed by atoms with van der Waals surface area (Å²) in [5, 5.41) is 3.09. The van der Waals surface area contributed by atoms with Gasteiger partial charge in [0.25, 0.3) is 5.91 Å². The Labute approximate surface area is 229 Å². The predicted octanol–water partition coefficient (Wildman–Crippen LogP) is 4.26. The molecule has 2 fully saturated rings. The van der Waals surface area contributed by atoms with Gasteiger partial charge in [0.15, 0.2) is 0 Å². The van der Waals surface area contributed by atoms with Crippen molar-refractivity contribution in [1.82, 2.24) is 24.3 Å². The number of pyridine rings is 1. The molecule has 2 aliphatic rings. The molecule has 9 heteroatoms. The Kier molecular flexibility index (Phi) is 8.09. The molecule has 2 atom stereocenters. The number of aryl methyl sites for hydroxylation is 2. The van der Waals surface area contributed by atoms with Crippen LogP contribution in [0.1, 0.15) is 58.9 Å². The van der Waals surface area contributed by atoms with Crippen LogP contribution in [0.5, 0.6) is 0 Å². The second kappa shape index (κ2) is 11.7. The van der Waals surface area contributed by atoms with E-state index in [2.05, 4.69) is 45.4 Å². The highest BCUT2D eigenvalue weighted by Crippen LogP contribution is 2.33. The number of likely N-dealkylation sites (tertiary alicyclic amines) is 2. The topological polar surface area (TPSA) is 92.6 Å². The van der Waals surface area contributed by atoms with Gasteiger partial charge in [-0.25, -0.2) is 4.98 Å². The second-order valence-corrected chi connectivity index (χ2v) is 10.7. The molecule has 0 spiro atoms. The number of rotatable bonds is 7. The smallest absolute Gasteiger partial charge is 0.258 e. The summed E-state index contributed by atoms with van der Waals surface area (Å²) >= 11 is 0. The molecule has 4 heterocycles. The highest BCUT2D eigenvalue weighted by molar-refractivity contribution is 6.04. The van der Waals surface area contributed by atoms with E-state index in [9.17, 15) is 9.59 Å². The monoisotopic (exact) mass is 530 g/mol. The summed E-state index contributed by atoms with van der Waals surface area (Å²) in [6.07, 6.45) is 7.14. The molecule has 1 aromatic carbocycles. The van der Waals surface area contributed by atoms with Gasteiger partial charge in [-0.3, -0.25) is 24.8 Å². The number of fused-ring (bicyclic) bond motifs is 1. The molecule has 0 saturated carbocycles. The summed E-state index contributed by atoms with van der Waals surface area (Å²) in [6, 6.07) is 7.81. The van der Waals surface area contributed by atoms with Crippen LogP contribution in [0.2, 0.25) is 0 Å². The van der Waals surface area contributed by atoms with Gasteiger partial charge in [-0.15, -0.1) is 0 Å². The van der Waals surface area contributed by atoms with E-state index < -0.39 is 0 Å². The van der Waals surface area contributed by atoms with Crippen LogP contribution in [0.25, 0.3) is 11.0 Å². The Morgan fingerprint density at radius 1 is 1.15 bits per heavy atom. The number of imidazole rings is 1. The van der Waals surface area contributed by atoms with Gasteiger partial charge in [0, 0.05) is 57.3 Å². The maximum absolute atomic E-state index is 13.3. The molecule has 9 nitrogen and oxygen atoms in total. The number of carbonyl (C=O) groups excluding carboxylic acids is 2. The predicted molar refractivity (Wildman–Crippen MR) is 152 cm³/mol. The van der Waals surface area contributed by atoms with Gasteiger partial charge >= 0.3 is 0 Å². The maximum Gasteiger partial charge on any atom is 0.258 e. The molecule has 1 N–H and O–H groups in total. The first-order valence-corrected chi connectivity index (χ1v) is 13.8. The average molecular weight is 531 g/mol. The summed E-state index contributed by atoms with van der Waals surface area (Å²) in [6.45, 7) is 11.7. The highest BCUT2D eigenvalue weighted by atomic mass is 16.5. The number of nitrogens with zero attached hydrogens (tertiary/aromatic N) is 5. The zero-order valence-electron chi connectivity index (χ0n) is 23.2. The number of nitrogens with one attached hydrogen (secondary N) is 1. The molecule has 2 saturated heterocycles. The van der Waals surface area contributed by atoms with Gasteiger partial charge in [-0.1, -0.05) is 12.6 Å². The second-order valence-electron chi connectivity index (χ2n) is 10.7. The van der Waals surface area contributed by atoms with Gasteiger partial charge in [-0.05, 0) is 74.9 Å². The molecule has 0 radical (unpaired) electrons. The van der Waals surface area contributed by atoms with Gasteiger partial charge in [-0.2, -0.15) is 0 Å². The molecule has 2 aliphatic heterocycles. The van der Waals surface area contributed by atoms with E-state index in [0.29, 0.717) is 24.6 Å². The largest absolute Gasteiger partial charge is 0.380 e. The Hall–Kier alpha value is -3.56. The number of carbonyl (C=O) groups is 2. The zero-order valence-corrected chi connectivity index (χ0v) is 23.2. The van der Waals surface area contributed by atoms with Crippen LogP contribution < -0.4 is 5.32 Å². The molecule has 2 amide bonds. The van der Waals surface area contributed by atoms with Crippen molar-refractivity contribution in [2.24, 2.45) is 0 Å². The van der Waals surface area contributed by atoms with E-state index >= 15 is 0 Å². The molecule has 0 aliphatic carbocycles. The van der Waals surface area contributed by atoms with E-state index in [1.807, 2.05) is 11.8 Å². The lowest BCUT2D eigenvalue weighted by atomic mass is 10.1. The minimum Gasteiger partial charge on any atom is -0.380 e. The van der Waals surface area contributed by atoms with Crippen molar-refractivity contribution in [2.45, 2.75) is 58.2 Å². The van der Waals surface area contributed by atoms with Crippen molar-refractivity contribution in [2.75, 3.05) is 38.6 Å². The summed E-state index contributed by atoms with van der Waals surface area (Å²) in [7, 11) is 1.78. The number of hydrogen-bond donors (Lipinski definition) is 1. The van der Waals surface area contributed by atoms with Crippen LogP contribution in [-0.2, 0) is 16.1 Å². The van der Waals surface area contributed by atoms with Crippen LogP contribution in [-0.4, -0.2) is 75.5 Å². The lowest BCUT2D eigenvalue weighted by molar-refractivity contribution is -0.126. The Bertz CT molecular complexity index is 1380. The third-order valence-corrected chi connectivity index (χ3v) is 7.89. The van der Waals surface area contributed by atoms with Crippen LogP contribution in [0.3, 0.4) is 0 Å². The fourth-order valence-corrected chi connectivity index (χ4v) is 5.95. The summed E-state index contributed by atoms with van der Waals surface area (Å²) < 4.78 is 7.69. The van der Waals surface area contributed by atoms with E-state index in [1.54, 1.807) is 25.4 Å². The van der Waals surface area contributed by atoms with Gasteiger partial charge in [0.05, 0.1) is 23.2 Å². The van der Waals surface area contributed by atoms with Crippen LogP contribution in [0, 0.1) is 13.8 Å². The number of benzene rings is 1. The van der Waals surface area contributed by atoms with Crippen LogP contribution in [0.15, 0.2) is 43.1 Å². The van der Waals surface area contributed by atoms with E-state index in [1.165, 1.54) is 11.6 Å². The molecule has 0 unspecified atom stereocenters. The van der Waals surface area contributed by atoms with Crippen LogP contribution in [0.4, 0.5) is 5.95 Å². The Morgan fingerprint density at radius 3 is 2.74 bits per heavy atom. The fraction of sp³-hybridized carbons (Fsp3) is 0.467. The van der Waals surface area contributed by atoms with E-state index in [4.69, 9.17) is 9.72 Å². The lowest BCUT2D eigenvalue weighted by Gasteiger charge is -2.26. The molecule has 206 valence electrons. The zero-order chi connectivity index (χ0) is 27.5. The number of ether oxygens (including phenoxy) is 1. The highest BCUT2D eigenvalue weighted by Gasteiger charge is 2.28. The minimum absolute atomic E-state index is 0.0264. The SMILES string of the molecule is C=CC(=O)N1CCCC[C@@H](n2c(NC(=O)c3ccnc(C)c3)nc3cc(CN4CC[C@@H](OC)C4)cc(C)c32)C1. The lowest BCUT2D eigenvalue weighted by Crippen LogP contribution is -2.34. The number of aromatic nitrogens is 3. The van der Waals surface area contributed by atoms with Gasteiger partial charge in [0.2, 0.25) is 11.9 Å². The average Bonchev–Trinajstić information content (AvgIpc) is 3.44. The molecule has 39 heavy (non-hydrogen) atoms. The van der Waals surface area contributed by atoms with Gasteiger partial charge in [0.1, 0.15) is 0 Å². The number of anilines is 1. The van der Waals surface area contributed by atoms with E-state index in [0.717, 1.165) is 67.6 Å². The molecule has 5 rings (SSSR count). The first-order valence-electron chi connectivity index (χ1n) is 13.8.